The summed E-state index contributed by atoms with van der Waals surface area (Å²) in [5, 5.41) is 13.1. The standard InChI is InChI=1S/C21H25N3O3/c1-14-4-3-5-18(15(14)2)23-20(26)11-21(27)24-12-17(19(25)13-24)10-16-6-8-22-9-7-16/h3-9,17,19,25H,10-13H2,1-2H3,(H,23,26)/t17-,19-/m1/s1. The van der Waals surface area contributed by atoms with Gasteiger partial charge in [0.05, 0.1) is 6.10 Å². The molecule has 6 heteroatoms. The Morgan fingerprint density at radius 3 is 2.67 bits per heavy atom. The van der Waals surface area contributed by atoms with E-state index in [0.29, 0.717) is 13.0 Å². The van der Waals surface area contributed by atoms with E-state index in [9.17, 15) is 14.7 Å². The van der Waals surface area contributed by atoms with E-state index in [-0.39, 0.29) is 30.7 Å². The molecule has 0 spiro atoms. The smallest absolute Gasteiger partial charge is 0.233 e. The molecule has 6 nitrogen and oxygen atoms in total. The molecule has 2 heterocycles. The number of β-amino-alcohol motifs (C(OH)–C–C–N with tert-alkyl or cyclic N) is 1. The largest absolute Gasteiger partial charge is 0.391 e. The van der Waals surface area contributed by atoms with Gasteiger partial charge in [-0.15, -0.1) is 0 Å². The summed E-state index contributed by atoms with van der Waals surface area (Å²) in [5.74, 6) is -0.617. The number of likely N-dealkylation sites (tertiary alicyclic amines) is 1. The van der Waals surface area contributed by atoms with Crippen molar-refractivity contribution in [1.29, 1.82) is 0 Å². The first-order valence-corrected chi connectivity index (χ1v) is 9.15. The van der Waals surface area contributed by atoms with Gasteiger partial charge in [0.1, 0.15) is 6.42 Å². The Kier molecular flexibility index (Phi) is 5.86. The fourth-order valence-corrected chi connectivity index (χ4v) is 3.41. The van der Waals surface area contributed by atoms with Crippen molar-refractivity contribution in [3.63, 3.8) is 0 Å². The van der Waals surface area contributed by atoms with Crippen LogP contribution in [-0.2, 0) is 16.0 Å². The number of benzene rings is 1. The Morgan fingerprint density at radius 2 is 1.93 bits per heavy atom. The number of rotatable bonds is 5. The quantitative estimate of drug-likeness (QED) is 0.793. The molecular formula is C21H25N3O3. The maximum Gasteiger partial charge on any atom is 0.233 e. The zero-order chi connectivity index (χ0) is 19.4. The number of aryl methyl sites for hydroxylation is 1. The minimum Gasteiger partial charge on any atom is -0.391 e. The van der Waals surface area contributed by atoms with Crippen LogP contribution in [0.15, 0.2) is 42.7 Å². The average Bonchev–Trinajstić information content (AvgIpc) is 3.00. The molecule has 1 aliphatic heterocycles. The van der Waals surface area contributed by atoms with Gasteiger partial charge in [0.2, 0.25) is 11.8 Å². The number of hydrogen-bond acceptors (Lipinski definition) is 4. The molecule has 0 radical (unpaired) electrons. The number of nitrogens with one attached hydrogen (secondary N) is 1. The molecule has 0 bridgehead atoms. The summed E-state index contributed by atoms with van der Waals surface area (Å²) in [7, 11) is 0. The van der Waals surface area contributed by atoms with Crippen LogP contribution < -0.4 is 5.32 Å². The van der Waals surface area contributed by atoms with Crippen LogP contribution in [0.2, 0.25) is 0 Å². The van der Waals surface area contributed by atoms with Crippen molar-refractivity contribution in [2.24, 2.45) is 5.92 Å². The number of carbonyl (C=O) groups excluding carboxylic acids is 2. The van der Waals surface area contributed by atoms with Gasteiger partial charge in [-0.1, -0.05) is 12.1 Å². The summed E-state index contributed by atoms with van der Waals surface area (Å²) in [5.41, 5.74) is 3.88. The number of pyridine rings is 1. The number of aliphatic hydroxyl groups excluding tert-OH is 1. The molecule has 1 aromatic carbocycles. The predicted molar refractivity (Wildman–Crippen MR) is 103 cm³/mol. The van der Waals surface area contributed by atoms with Crippen LogP contribution in [-0.4, -0.2) is 46.0 Å². The number of amides is 2. The van der Waals surface area contributed by atoms with Crippen LogP contribution in [0, 0.1) is 19.8 Å². The lowest BCUT2D eigenvalue weighted by Gasteiger charge is -2.16. The third-order valence-electron chi connectivity index (χ3n) is 5.20. The van der Waals surface area contributed by atoms with Crippen molar-refractivity contribution >= 4 is 17.5 Å². The number of aromatic nitrogens is 1. The van der Waals surface area contributed by atoms with Crippen molar-refractivity contribution in [3.05, 3.63) is 59.4 Å². The topological polar surface area (TPSA) is 82.5 Å². The fourth-order valence-electron chi connectivity index (χ4n) is 3.41. The van der Waals surface area contributed by atoms with Crippen molar-refractivity contribution in [1.82, 2.24) is 9.88 Å². The Bertz CT molecular complexity index is 823. The summed E-state index contributed by atoms with van der Waals surface area (Å²) < 4.78 is 0. The van der Waals surface area contributed by atoms with Gasteiger partial charge < -0.3 is 15.3 Å². The molecule has 0 unspecified atom stereocenters. The van der Waals surface area contributed by atoms with E-state index in [1.165, 1.54) is 0 Å². The lowest BCUT2D eigenvalue weighted by atomic mass is 9.97. The lowest BCUT2D eigenvalue weighted by molar-refractivity contribution is -0.134. The van der Waals surface area contributed by atoms with Gasteiger partial charge in [0.25, 0.3) is 0 Å². The minimum absolute atomic E-state index is 0.0292. The molecule has 1 saturated heterocycles. The van der Waals surface area contributed by atoms with Gasteiger partial charge in [-0.05, 0) is 55.2 Å². The number of hydrogen-bond donors (Lipinski definition) is 2. The third kappa shape index (κ3) is 4.71. The molecule has 0 saturated carbocycles. The van der Waals surface area contributed by atoms with Crippen LogP contribution in [0.5, 0.6) is 0 Å². The van der Waals surface area contributed by atoms with E-state index in [0.717, 1.165) is 22.4 Å². The lowest BCUT2D eigenvalue weighted by Crippen LogP contribution is -2.32. The monoisotopic (exact) mass is 367 g/mol. The minimum atomic E-state index is -0.579. The summed E-state index contributed by atoms with van der Waals surface area (Å²) in [6.45, 7) is 4.64. The summed E-state index contributed by atoms with van der Waals surface area (Å²) in [6.07, 6.45) is 3.32. The van der Waals surface area contributed by atoms with Crippen LogP contribution >= 0.6 is 0 Å². The Labute approximate surface area is 159 Å². The van der Waals surface area contributed by atoms with Gasteiger partial charge >= 0.3 is 0 Å². The number of aliphatic hydroxyl groups is 1. The van der Waals surface area contributed by atoms with Crippen molar-refractivity contribution in [2.45, 2.75) is 32.8 Å². The zero-order valence-electron chi connectivity index (χ0n) is 15.7. The second-order valence-corrected chi connectivity index (χ2v) is 7.16. The number of carbonyl (C=O) groups is 2. The summed E-state index contributed by atoms with van der Waals surface area (Å²) in [4.78, 5) is 30.3. The normalized spacial score (nSPS) is 19.1. The molecule has 1 fully saturated rings. The molecule has 2 aromatic rings. The average molecular weight is 367 g/mol. The van der Waals surface area contributed by atoms with Crippen molar-refractivity contribution in [3.8, 4) is 0 Å². The molecule has 142 valence electrons. The molecule has 2 amide bonds. The first-order chi connectivity index (χ1) is 12.9. The number of anilines is 1. The first-order valence-electron chi connectivity index (χ1n) is 9.15. The van der Waals surface area contributed by atoms with Gasteiger partial charge in [-0.3, -0.25) is 14.6 Å². The molecule has 3 rings (SSSR count). The summed E-state index contributed by atoms with van der Waals surface area (Å²) >= 11 is 0. The van der Waals surface area contributed by atoms with Crippen molar-refractivity contribution < 1.29 is 14.7 Å². The Balaban J connectivity index is 1.55. The Hall–Kier alpha value is -2.73. The molecule has 2 N–H and O–H groups in total. The van der Waals surface area contributed by atoms with Crippen LogP contribution in [0.1, 0.15) is 23.1 Å². The van der Waals surface area contributed by atoms with E-state index in [1.54, 1.807) is 17.3 Å². The van der Waals surface area contributed by atoms with Gasteiger partial charge in [-0.25, -0.2) is 0 Å². The van der Waals surface area contributed by atoms with E-state index >= 15 is 0 Å². The highest BCUT2D eigenvalue weighted by molar-refractivity contribution is 6.04. The highest BCUT2D eigenvalue weighted by atomic mass is 16.3. The number of nitrogens with zero attached hydrogens (tertiary/aromatic N) is 2. The maximum atomic E-state index is 12.5. The second-order valence-electron chi connectivity index (χ2n) is 7.16. The zero-order valence-corrected chi connectivity index (χ0v) is 15.7. The molecule has 27 heavy (non-hydrogen) atoms. The molecule has 0 aliphatic carbocycles. The Morgan fingerprint density at radius 1 is 1.19 bits per heavy atom. The predicted octanol–water partition coefficient (Wildman–Crippen LogP) is 2.09. The first kappa shape index (κ1) is 19.0. The summed E-state index contributed by atoms with van der Waals surface area (Å²) in [6, 6.07) is 9.50. The maximum absolute atomic E-state index is 12.5. The van der Waals surface area contributed by atoms with Gasteiger partial charge in [0, 0.05) is 37.1 Å². The highest BCUT2D eigenvalue weighted by Gasteiger charge is 2.34. The van der Waals surface area contributed by atoms with E-state index in [4.69, 9.17) is 0 Å². The SMILES string of the molecule is Cc1cccc(NC(=O)CC(=O)N2C[C@@H](Cc3ccncc3)[C@H](O)C2)c1C. The van der Waals surface area contributed by atoms with Gasteiger partial charge in [0.15, 0.2) is 0 Å². The van der Waals surface area contributed by atoms with Gasteiger partial charge in [-0.2, -0.15) is 0 Å². The fraction of sp³-hybridized carbons (Fsp3) is 0.381. The van der Waals surface area contributed by atoms with E-state index < -0.39 is 6.10 Å². The highest BCUT2D eigenvalue weighted by Crippen LogP contribution is 2.22. The molecule has 1 aliphatic rings. The van der Waals surface area contributed by atoms with Crippen LogP contribution in [0.4, 0.5) is 5.69 Å². The second kappa shape index (κ2) is 8.31. The van der Waals surface area contributed by atoms with E-state index in [2.05, 4.69) is 10.3 Å². The molecule has 2 atom stereocenters. The third-order valence-corrected chi connectivity index (χ3v) is 5.20. The van der Waals surface area contributed by atoms with Crippen LogP contribution in [0.3, 0.4) is 0 Å². The van der Waals surface area contributed by atoms with Crippen LogP contribution in [0.25, 0.3) is 0 Å². The molecule has 1 aromatic heterocycles. The van der Waals surface area contributed by atoms with E-state index in [1.807, 2.05) is 44.2 Å². The molecular weight excluding hydrogens is 342 g/mol. The van der Waals surface area contributed by atoms with Crippen molar-refractivity contribution in [2.75, 3.05) is 18.4 Å².